The summed E-state index contributed by atoms with van der Waals surface area (Å²) in [6, 6.07) is 13.8. The van der Waals surface area contributed by atoms with E-state index in [9.17, 15) is 9.18 Å². The fourth-order valence-corrected chi connectivity index (χ4v) is 3.70. The Morgan fingerprint density at radius 3 is 2.77 bits per heavy atom. The number of rotatable bonds is 4. The summed E-state index contributed by atoms with van der Waals surface area (Å²) in [5.41, 5.74) is 2.68. The Kier molecular flexibility index (Phi) is 4.41. The van der Waals surface area contributed by atoms with Crippen molar-refractivity contribution in [1.29, 1.82) is 0 Å². The zero-order valence-corrected chi connectivity index (χ0v) is 14.5. The third-order valence-electron chi connectivity index (χ3n) is 3.99. The number of thiophene rings is 1. The predicted molar refractivity (Wildman–Crippen MR) is 100 cm³/mol. The number of benzene rings is 1. The van der Waals surface area contributed by atoms with Gasteiger partial charge in [0.05, 0.1) is 10.6 Å². The molecule has 1 amide bonds. The Labute approximate surface area is 153 Å². The quantitative estimate of drug-likeness (QED) is 0.584. The Balaban J connectivity index is 1.54. The number of hydrogen-bond donors (Lipinski definition) is 1. The molecule has 4 rings (SSSR count). The van der Waals surface area contributed by atoms with Crippen molar-refractivity contribution in [3.8, 4) is 11.3 Å². The first kappa shape index (κ1) is 16.4. The van der Waals surface area contributed by atoms with Gasteiger partial charge in [0.25, 0.3) is 5.91 Å². The van der Waals surface area contributed by atoms with Crippen molar-refractivity contribution in [3.05, 3.63) is 83.4 Å². The summed E-state index contributed by atoms with van der Waals surface area (Å²) >= 11 is 1.35. The molecule has 0 spiro atoms. The molecule has 1 aromatic carbocycles. The van der Waals surface area contributed by atoms with E-state index in [1.54, 1.807) is 30.7 Å². The van der Waals surface area contributed by atoms with Crippen molar-refractivity contribution in [2.45, 2.75) is 6.54 Å². The highest BCUT2D eigenvalue weighted by atomic mass is 32.1. The molecular weight excluding hydrogens is 349 g/mol. The molecule has 0 aliphatic rings. The van der Waals surface area contributed by atoms with Crippen LogP contribution in [-0.4, -0.2) is 15.9 Å². The lowest BCUT2D eigenvalue weighted by Gasteiger charge is -2.09. The molecule has 1 N–H and O–H groups in total. The largest absolute Gasteiger partial charge is 0.347 e. The van der Waals surface area contributed by atoms with E-state index in [0.717, 1.165) is 26.9 Å². The van der Waals surface area contributed by atoms with Crippen LogP contribution >= 0.6 is 11.3 Å². The van der Waals surface area contributed by atoms with Crippen LogP contribution in [0.15, 0.2) is 67.1 Å². The van der Waals surface area contributed by atoms with E-state index < -0.39 is 0 Å². The molecule has 3 aromatic heterocycles. The van der Waals surface area contributed by atoms with Crippen molar-refractivity contribution >= 4 is 27.3 Å². The van der Waals surface area contributed by atoms with Gasteiger partial charge in [0, 0.05) is 35.4 Å². The van der Waals surface area contributed by atoms with E-state index in [4.69, 9.17) is 0 Å². The Morgan fingerprint density at radius 1 is 1.08 bits per heavy atom. The van der Waals surface area contributed by atoms with Crippen LogP contribution in [0.2, 0.25) is 0 Å². The molecule has 3 heterocycles. The first-order valence-corrected chi connectivity index (χ1v) is 8.84. The van der Waals surface area contributed by atoms with Gasteiger partial charge in [-0.1, -0.05) is 6.07 Å². The molecule has 0 aliphatic heterocycles. The molecular formula is C20H14FN3OS. The summed E-state index contributed by atoms with van der Waals surface area (Å²) in [6.45, 7) is 0.354. The Bertz CT molecular complexity index is 1080. The van der Waals surface area contributed by atoms with Crippen LogP contribution in [0.4, 0.5) is 4.39 Å². The first-order chi connectivity index (χ1) is 12.7. The lowest BCUT2D eigenvalue weighted by Crippen LogP contribution is -2.22. The lowest BCUT2D eigenvalue weighted by atomic mass is 10.1. The van der Waals surface area contributed by atoms with Gasteiger partial charge in [0.2, 0.25) is 0 Å². The van der Waals surface area contributed by atoms with Gasteiger partial charge >= 0.3 is 0 Å². The summed E-state index contributed by atoms with van der Waals surface area (Å²) in [4.78, 5) is 21.5. The highest BCUT2D eigenvalue weighted by Crippen LogP contribution is 2.26. The molecule has 0 unspecified atom stereocenters. The predicted octanol–water partition coefficient (Wildman–Crippen LogP) is 4.43. The fourth-order valence-electron chi connectivity index (χ4n) is 2.74. The minimum Gasteiger partial charge on any atom is -0.347 e. The average molecular weight is 363 g/mol. The second kappa shape index (κ2) is 7.01. The normalized spacial score (nSPS) is 10.8. The monoisotopic (exact) mass is 363 g/mol. The van der Waals surface area contributed by atoms with Gasteiger partial charge < -0.3 is 5.32 Å². The van der Waals surface area contributed by atoms with Crippen molar-refractivity contribution in [3.63, 3.8) is 0 Å². The van der Waals surface area contributed by atoms with Gasteiger partial charge in [0.1, 0.15) is 5.82 Å². The van der Waals surface area contributed by atoms with Crippen LogP contribution in [0, 0.1) is 5.82 Å². The summed E-state index contributed by atoms with van der Waals surface area (Å²) < 4.78 is 14.2. The van der Waals surface area contributed by atoms with Gasteiger partial charge in [-0.25, -0.2) is 4.39 Å². The molecule has 0 aliphatic carbocycles. The van der Waals surface area contributed by atoms with E-state index >= 15 is 0 Å². The van der Waals surface area contributed by atoms with Crippen LogP contribution in [-0.2, 0) is 6.54 Å². The third-order valence-corrected chi connectivity index (χ3v) is 5.10. The number of nitrogens with zero attached hydrogens (tertiary/aromatic N) is 2. The maximum atomic E-state index is 13.3. The van der Waals surface area contributed by atoms with Gasteiger partial charge in [-0.15, -0.1) is 11.3 Å². The lowest BCUT2D eigenvalue weighted by molar-refractivity contribution is 0.0955. The van der Waals surface area contributed by atoms with Crippen LogP contribution in [0.5, 0.6) is 0 Å². The topological polar surface area (TPSA) is 54.9 Å². The standard InChI is InChI=1S/C20H14FN3OS/c21-16-3-4-17-15(10-16)11-18(26-17)20(25)24-12-14-2-1-7-23-19(14)13-5-8-22-9-6-13/h1-11H,12H2,(H,24,25). The number of carbonyl (C=O) groups is 1. The molecule has 26 heavy (non-hydrogen) atoms. The number of aromatic nitrogens is 2. The van der Waals surface area contributed by atoms with E-state index in [0.29, 0.717) is 11.4 Å². The van der Waals surface area contributed by atoms with E-state index in [1.807, 2.05) is 24.3 Å². The zero-order valence-electron chi connectivity index (χ0n) is 13.6. The maximum Gasteiger partial charge on any atom is 0.261 e. The molecule has 128 valence electrons. The highest BCUT2D eigenvalue weighted by Gasteiger charge is 2.12. The van der Waals surface area contributed by atoms with Crippen LogP contribution in [0.25, 0.3) is 21.3 Å². The SMILES string of the molecule is O=C(NCc1cccnc1-c1ccncc1)c1cc2cc(F)ccc2s1. The number of pyridine rings is 2. The zero-order chi connectivity index (χ0) is 17.9. The maximum absolute atomic E-state index is 13.3. The molecule has 4 aromatic rings. The van der Waals surface area contributed by atoms with E-state index in [-0.39, 0.29) is 11.7 Å². The number of carbonyl (C=O) groups excluding carboxylic acids is 1. The molecule has 0 saturated carbocycles. The minimum atomic E-state index is -0.306. The minimum absolute atomic E-state index is 0.184. The number of hydrogen-bond acceptors (Lipinski definition) is 4. The molecule has 0 atom stereocenters. The second-order valence-corrected chi connectivity index (χ2v) is 6.81. The van der Waals surface area contributed by atoms with Gasteiger partial charge in [-0.2, -0.15) is 0 Å². The molecule has 4 nitrogen and oxygen atoms in total. The van der Waals surface area contributed by atoms with Crippen LogP contribution in [0.3, 0.4) is 0 Å². The van der Waals surface area contributed by atoms with Gasteiger partial charge in [-0.3, -0.25) is 14.8 Å². The second-order valence-electron chi connectivity index (χ2n) is 5.72. The summed E-state index contributed by atoms with van der Waals surface area (Å²) in [5, 5.41) is 3.66. The smallest absolute Gasteiger partial charge is 0.261 e. The Hall–Kier alpha value is -3.12. The van der Waals surface area contributed by atoms with Crippen LogP contribution in [0.1, 0.15) is 15.2 Å². The summed E-state index contributed by atoms with van der Waals surface area (Å²) in [6.07, 6.45) is 5.15. The molecule has 0 saturated heterocycles. The Morgan fingerprint density at radius 2 is 1.92 bits per heavy atom. The average Bonchev–Trinajstić information content (AvgIpc) is 3.10. The van der Waals surface area contributed by atoms with E-state index in [2.05, 4.69) is 15.3 Å². The van der Waals surface area contributed by atoms with E-state index in [1.165, 1.54) is 23.5 Å². The highest BCUT2D eigenvalue weighted by molar-refractivity contribution is 7.20. The molecule has 0 fully saturated rings. The summed E-state index contributed by atoms with van der Waals surface area (Å²) in [7, 11) is 0. The third kappa shape index (κ3) is 3.32. The fraction of sp³-hybridized carbons (Fsp3) is 0.0500. The van der Waals surface area contributed by atoms with Crippen molar-refractivity contribution in [1.82, 2.24) is 15.3 Å². The van der Waals surface area contributed by atoms with Gasteiger partial charge in [-0.05, 0) is 53.4 Å². The molecule has 6 heteroatoms. The van der Waals surface area contributed by atoms with Gasteiger partial charge in [0.15, 0.2) is 0 Å². The first-order valence-electron chi connectivity index (χ1n) is 8.02. The number of amides is 1. The van der Waals surface area contributed by atoms with Crippen molar-refractivity contribution in [2.75, 3.05) is 0 Å². The van der Waals surface area contributed by atoms with Crippen molar-refractivity contribution < 1.29 is 9.18 Å². The number of nitrogens with one attached hydrogen (secondary N) is 1. The molecule has 0 radical (unpaired) electrons. The summed E-state index contributed by atoms with van der Waals surface area (Å²) in [5.74, 6) is -0.490. The van der Waals surface area contributed by atoms with Crippen LogP contribution < -0.4 is 5.32 Å². The number of halogens is 1. The van der Waals surface area contributed by atoms with Crippen molar-refractivity contribution in [2.24, 2.45) is 0 Å². The number of fused-ring (bicyclic) bond motifs is 1. The molecule has 0 bridgehead atoms.